The fourth-order valence-corrected chi connectivity index (χ4v) is 3.34. The van der Waals surface area contributed by atoms with Crippen LogP contribution in [0.3, 0.4) is 0 Å². The minimum absolute atomic E-state index is 0.313. The Morgan fingerprint density at radius 2 is 1.71 bits per heavy atom. The van der Waals surface area contributed by atoms with Gasteiger partial charge in [-0.2, -0.15) is 0 Å². The van der Waals surface area contributed by atoms with Gasteiger partial charge in [0.15, 0.2) is 0 Å². The van der Waals surface area contributed by atoms with E-state index >= 15 is 0 Å². The molecular formula is C23H25N5O3. The summed E-state index contributed by atoms with van der Waals surface area (Å²) in [6.45, 7) is 4.11. The van der Waals surface area contributed by atoms with Crippen molar-refractivity contribution in [2.75, 3.05) is 32.8 Å². The van der Waals surface area contributed by atoms with Crippen LogP contribution in [0.5, 0.6) is 11.5 Å². The summed E-state index contributed by atoms with van der Waals surface area (Å²) >= 11 is 0. The van der Waals surface area contributed by atoms with E-state index < -0.39 is 0 Å². The molecule has 160 valence electrons. The van der Waals surface area contributed by atoms with Crippen LogP contribution in [-0.2, 0) is 13.0 Å². The number of pyridine rings is 1. The van der Waals surface area contributed by atoms with Crippen LogP contribution in [0.2, 0.25) is 0 Å². The van der Waals surface area contributed by atoms with E-state index in [0.717, 1.165) is 43.1 Å². The first kappa shape index (κ1) is 20.7. The number of hydrogen-bond donors (Lipinski definition) is 0. The summed E-state index contributed by atoms with van der Waals surface area (Å²) in [5, 5.41) is 0. The third-order valence-corrected chi connectivity index (χ3v) is 5.06. The summed E-state index contributed by atoms with van der Waals surface area (Å²) in [4.78, 5) is 28.9. The van der Waals surface area contributed by atoms with Crippen LogP contribution in [0.1, 0.15) is 11.3 Å². The Hall–Kier alpha value is -3.52. The van der Waals surface area contributed by atoms with Gasteiger partial charge in [-0.15, -0.1) is 0 Å². The topological polar surface area (TPSA) is 80.7 Å². The Kier molecular flexibility index (Phi) is 7.02. The second-order valence-electron chi connectivity index (χ2n) is 7.26. The van der Waals surface area contributed by atoms with Crippen LogP contribution in [0.25, 0.3) is 0 Å². The standard InChI is InChI=1S/C23H25N5O3/c29-23(28-13-11-27(12-14-28)18-20-16-25-9-10-26-20)31-21-5-3-19(4-6-21)7-15-30-22-2-1-8-24-17-22/h1-6,8-10,16-17H,7,11-15,18H2. The maximum atomic E-state index is 12.5. The predicted molar refractivity (Wildman–Crippen MR) is 115 cm³/mol. The number of piperazine rings is 1. The zero-order valence-electron chi connectivity index (χ0n) is 17.3. The van der Waals surface area contributed by atoms with E-state index in [1.807, 2.05) is 36.4 Å². The molecule has 0 bridgehead atoms. The number of nitrogens with zero attached hydrogens (tertiary/aromatic N) is 5. The maximum absolute atomic E-state index is 12.5. The molecule has 8 heteroatoms. The minimum Gasteiger partial charge on any atom is -0.492 e. The van der Waals surface area contributed by atoms with Gasteiger partial charge < -0.3 is 14.4 Å². The normalized spacial score (nSPS) is 14.3. The minimum atomic E-state index is -0.313. The first-order valence-corrected chi connectivity index (χ1v) is 10.3. The highest BCUT2D eigenvalue weighted by atomic mass is 16.6. The van der Waals surface area contributed by atoms with E-state index in [2.05, 4.69) is 19.9 Å². The molecule has 3 aromatic rings. The monoisotopic (exact) mass is 419 g/mol. The molecular weight excluding hydrogens is 394 g/mol. The first-order chi connectivity index (χ1) is 15.3. The lowest BCUT2D eigenvalue weighted by molar-refractivity contribution is 0.107. The number of hydrogen-bond acceptors (Lipinski definition) is 7. The van der Waals surface area contributed by atoms with Crippen molar-refractivity contribution >= 4 is 6.09 Å². The van der Waals surface area contributed by atoms with Crippen LogP contribution in [0, 0.1) is 0 Å². The van der Waals surface area contributed by atoms with Gasteiger partial charge in [0.05, 0.1) is 18.5 Å². The summed E-state index contributed by atoms with van der Waals surface area (Å²) < 4.78 is 11.2. The Morgan fingerprint density at radius 3 is 2.42 bits per heavy atom. The molecule has 0 atom stereocenters. The van der Waals surface area contributed by atoms with Crippen LogP contribution >= 0.6 is 0 Å². The van der Waals surface area contributed by atoms with Crippen molar-refractivity contribution in [3.05, 3.63) is 78.6 Å². The lowest BCUT2D eigenvalue weighted by atomic mass is 10.1. The van der Waals surface area contributed by atoms with Crippen molar-refractivity contribution in [1.82, 2.24) is 24.8 Å². The quantitative estimate of drug-likeness (QED) is 0.582. The van der Waals surface area contributed by atoms with E-state index in [9.17, 15) is 4.79 Å². The zero-order chi connectivity index (χ0) is 21.3. The summed E-state index contributed by atoms with van der Waals surface area (Å²) in [6.07, 6.45) is 8.99. The Morgan fingerprint density at radius 1 is 0.903 bits per heavy atom. The first-order valence-electron chi connectivity index (χ1n) is 10.3. The number of amides is 1. The van der Waals surface area contributed by atoms with Gasteiger partial charge in [0, 0.05) is 63.9 Å². The van der Waals surface area contributed by atoms with Crippen molar-refractivity contribution in [2.24, 2.45) is 0 Å². The molecule has 0 radical (unpaired) electrons. The van der Waals surface area contributed by atoms with Crippen LogP contribution in [0.15, 0.2) is 67.4 Å². The average Bonchev–Trinajstić information content (AvgIpc) is 2.82. The van der Waals surface area contributed by atoms with Crippen molar-refractivity contribution in [3.8, 4) is 11.5 Å². The fourth-order valence-electron chi connectivity index (χ4n) is 3.34. The second-order valence-corrected chi connectivity index (χ2v) is 7.26. The summed E-state index contributed by atoms with van der Waals surface area (Å²) in [5.74, 6) is 1.30. The highest BCUT2D eigenvalue weighted by Gasteiger charge is 2.22. The molecule has 1 aliphatic rings. The van der Waals surface area contributed by atoms with Crippen LogP contribution in [-0.4, -0.2) is 63.6 Å². The molecule has 1 fully saturated rings. The van der Waals surface area contributed by atoms with Gasteiger partial charge in [0.1, 0.15) is 11.5 Å². The van der Waals surface area contributed by atoms with E-state index in [0.29, 0.717) is 25.4 Å². The van der Waals surface area contributed by atoms with E-state index in [1.54, 1.807) is 35.9 Å². The molecule has 1 aromatic carbocycles. The Balaban J connectivity index is 1.19. The molecule has 1 aliphatic heterocycles. The number of carbonyl (C=O) groups excluding carboxylic acids is 1. The van der Waals surface area contributed by atoms with Crippen molar-refractivity contribution in [1.29, 1.82) is 0 Å². The molecule has 8 nitrogen and oxygen atoms in total. The van der Waals surface area contributed by atoms with Crippen molar-refractivity contribution in [3.63, 3.8) is 0 Å². The van der Waals surface area contributed by atoms with E-state index in [-0.39, 0.29) is 6.09 Å². The molecule has 0 spiro atoms. The predicted octanol–water partition coefficient (Wildman–Crippen LogP) is 2.81. The molecule has 1 saturated heterocycles. The zero-order valence-corrected chi connectivity index (χ0v) is 17.3. The smallest absolute Gasteiger partial charge is 0.415 e. The SMILES string of the molecule is O=C(Oc1ccc(CCOc2cccnc2)cc1)N1CCN(Cc2cnccn2)CC1. The van der Waals surface area contributed by atoms with Gasteiger partial charge in [-0.3, -0.25) is 19.9 Å². The van der Waals surface area contributed by atoms with Gasteiger partial charge in [0.25, 0.3) is 0 Å². The van der Waals surface area contributed by atoms with Gasteiger partial charge in [-0.25, -0.2) is 4.79 Å². The highest BCUT2D eigenvalue weighted by Crippen LogP contribution is 2.16. The van der Waals surface area contributed by atoms with Gasteiger partial charge in [-0.05, 0) is 29.8 Å². The fraction of sp³-hybridized carbons (Fsp3) is 0.304. The lowest BCUT2D eigenvalue weighted by Gasteiger charge is -2.33. The molecule has 0 aliphatic carbocycles. The third-order valence-electron chi connectivity index (χ3n) is 5.06. The van der Waals surface area contributed by atoms with Gasteiger partial charge in [0.2, 0.25) is 0 Å². The van der Waals surface area contributed by atoms with Gasteiger partial charge in [-0.1, -0.05) is 12.1 Å². The largest absolute Gasteiger partial charge is 0.492 e. The summed E-state index contributed by atoms with van der Waals surface area (Å²) in [7, 11) is 0. The summed E-state index contributed by atoms with van der Waals surface area (Å²) in [6, 6.07) is 11.3. The van der Waals surface area contributed by atoms with E-state index in [1.165, 1.54) is 0 Å². The number of ether oxygens (including phenoxy) is 2. The van der Waals surface area contributed by atoms with Crippen LogP contribution in [0.4, 0.5) is 4.79 Å². The Labute approximate surface area is 181 Å². The lowest BCUT2D eigenvalue weighted by Crippen LogP contribution is -2.49. The maximum Gasteiger partial charge on any atom is 0.415 e. The Bertz CT molecular complexity index is 946. The highest BCUT2D eigenvalue weighted by molar-refractivity contribution is 5.70. The molecule has 4 rings (SSSR count). The molecule has 31 heavy (non-hydrogen) atoms. The van der Waals surface area contributed by atoms with Crippen LogP contribution < -0.4 is 9.47 Å². The molecule has 0 saturated carbocycles. The number of rotatable bonds is 7. The third kappa shape index (κ3) is 6.23. The molecule has 0 unspecified atom stereocenters. The van der Waals surface area contributed by atoms with Crippen molar-refractivity contribution < 1.29 is 14.3 Å². The number of aromatic nitrogens is 3. The van der Waals surface area contributed by atoms with E-state index in [4.69, 9.17) is 9.47 Å². The number of benzene rings is 1. The molecule has 1 amide bonds. The molecule has 3 heterocycles. The number of carbonyl (C=O) groups is 1. The van der Waals surface area contributed by atoms with Gasteiger partial charge >= 0.3 is 6.09 Å². The summed E-state index contributed by atoms with van der Waals surface area (Å²) in [5.41, 5.74) is 2.05. The molecule has 0 N–H and O–H groups in total. The van der Waals surface area contributed by atoms with Crippen molar-refractivity contribution in [2.45, 2.75) is 13.0 Å². The molecule has 2 aromatic heterocycles. The average molecular weight is 419 g/mol. The second kappa shape index (κ2) is 10.5.